The normalized spacial score (nSPS) is 29.3. The molecule has 3 nitrogen and oxygen atoms in total. The molecule has 2 fully saturated rings. The largest absolute Gasteiger partial charge is 0.508 e. The van der Waals surface area contributed by atoms with Crippen LogP contribution in [0.15, 0.2) is 24.3 Å². The zero-order chi connectivity index (χ0) is 14.1. The zero-order valence-electron chi connectivity index (χ0n) is 12.6. The summed E-state index contributed by atoms with van der Waals surface area (Å²) in [6.07, 6.45) is 3.73. The fourth-order valence-electron chi connectivity index (χ4n) is 4.05. The van der Waals surface area contributed by atoms with Gasteiger partial charge in [-0.25, -0.2) is 0 Å². The monoisotopic (exact) mass is 274 g/mol. The molecule has 3 atom stereocenters. The number of hydrogen-bond acceptors (Lipinski definition) is 3. The summed E-state index contributed by atoms with van der Waals surface area (Å²) >= 11 is 0. The standard InChI is InChI=1S/C17H26N2O/c1-3-16(15-8-4-5-9-17(15)20)19-12-14-7-6-10-18(14)11-13(19)2/h4-5,8-9,13-14,16,20H,3,6-7,10-12H2,1-2H3. The van der Waals surface area contributed by atoms with E-state index in [2.05, 4.69) is 29.7 Å². The van der Waals surface area contributed by atoms with Crippen LogP contribution in [0.5, 0.6) is 5.75 Å². The Labute approximate surface area is 122 Å². The molecule has 3 unspecified atom stereocenters. The molecule has 0 radical (unpaired) electrons. The number of hydrogen-bond donors (Lipinski definition) is 1. The van der Waals surface area contributed by atoms with E-state index in [4.69, 9.17) is 0 Å². The Morgan fingerprint density at radius 3 is 2.85 bits per heavy atom. The van der Waals surface area contributed by atoms with Gasteiger partial charge < -0.3 is 5.11 Å². The number of nitrogens with zero attached hydrogens (tertiary/aromatic N) is 2. The summed E-state index contributed by atoms with van der Waals surface area (Å²) in [6, 6.07) is 9.47. The minimum atomic E-state index is 0.342. The molecule has 0 bridgehead atoms. The first-order chi connectivity index (χ1) is 9.70. The Balaban J connectivity index is 1.83. The summed E-state index contributed by atoms with van der Waals surface area (Å²) in [6.45, 7) is 8.15. The third kappa shape index (κ3) is 2.45. The number of piperazine rings is 1. The topological polar surface area (TPSA) is 26.7 Å². The van der Waals surface area contributed by atoms with Crippen molar-refractivity contribution in [3.05, 3.63) is 29.8 Å². The summed E-state index contributed by atoms with van der Waals surface area (Å²) in [5.41, 5.74) is 1.09. The highest BCUT2D eigenvalue weighted by Crippen LogP contribution is 2.36. The molecular weight excluding hydrogens is 248 g/mol. The van der Waals surface area contributed by atoms with E-state index in [9.17, 15) is 5.11 Å². The van der Waals surface area contributed by atoms with Gasteiger partial charge in [-0.3, -0.25) is 9.80 Å². The minimum Gasteiger partial charge on any atom is -0.508 e. The molecule has 2 aliphatic heterocycles. The molecule has 1 N–H and O–H groups in total. The first-order valence-electron chi connectivity index (χ1n) is 7.98. The molecule has 0 aliphatic carbocycles. The first kappa shape index (κ1) is 13.9. The minimum absolute atomic E-state index is 0.342. The lowest BCUT2D eigenvalue weighted by Crippen LogP contribution is -2.55. The average Bonchev–Trinajstić information content (AvgIpc) is 2.89. The van der Waals surface area contributed by atoms with Crippen LogP contribution in [-0.4, -0.2) is 46.6 Å². The van der Waals surface area contributed by atoms with Gasteiger partial charge >= 0.3 is 0 Å². The van der Waals surface area contributed by atoms with Crippen molar-refractivity contribution in [2.75, 3.05) is 19.6 Å². The number of phenols is 1. The summed E-state index contributed by atoms with van der Waals surface area (Å²) < 4.78 is 0. The van der Waals surface area contributed by atoms with E-state index in [1.807, 2.05) is 18.2 Å². The first-order valence-corrected chi connectivity index (χ1v) is 7.98. The predicted octanol–water partition coefficient (Wildman–Crippen LogP) is 3.01. The van der Waals surface area contributed by atoms with Gasteiger partial charge in [0.05, 0.1) is 0 Å². The van der Waals surface area contributed by atoms with Gasteiger partial charge in [-0.15, -0.1) is 0 Å². The van der Waals surface area contributed by atoms with Crippen LogP contribution >= 0.6 is 0 Å². The predicted molar refractivity (Wildman–Crippen MR) is 81.9 cm³/mol. The van der Waals surface area contributed by atoms with E-state index < -0.39 is 0 Å². The quantitative estimate of drug-likeness (QED) is 0.918. The second kappa shape index (κ2) is 5.74. The Morgan fingerprint density at radius 1 is 1.30 bits per heavy atom. The number of fused-ring (bicyclic) bond motifs is 1. The number of rotatable bonds is 3. The summed E-state index contributed by atoms with van der Waals surface area (Å²) in [5, 5.41) is 10.2. The number of para-hydroxylation sites is 1. The molecule has 20 heavy (non-hydrogen) atoms. The Kier molecular flexibility index (Phi) is 3.99. The molecule has 2 heterocycles. The lowest BCUT2D eigenvalue weighted by atomic mass is 9.97. The number of benzene rings is 1. The summed E-state index contributed by atoms with van der Waals surface area (Å²) in [4.78, 5) is 5.26. The molecule has 0 spiro atoms. The maximum atomic E-state index is 10.2. The third-order valence-corrected chi connectivity index (χ3v) is 5.07. The van der Waals surface area contributed by atoms with Crippen LogP contribution in [0.2, 0.25) is 0 Å². The maximum Gasteiger partial charge on any atom is 0.120 e. The molecule has 0 aromatic heterocycles. The van der Waals surface area contributed by atoms with Crippen LogP contribution in [0.1, 0.15) is 44.7 Å². The van der Waals surface area contributed by atoms with Crippen molar-refractivity contribution < 1.29 is 5.11 Å². The molecule has 1 aromatic rings. The van der Waals surface area contributed by atoms with Crippen molar-refractivity contribution in [3.63, 3.8) is 0 Å². The molecule has 110 valence electrons. The Morgan fingerprint density at radius 2 is 2.10 bits per heavy atom. The summed E-state index contributed by atoms with van der Waals surface area (Å²) in [5.74, 6) is 0.445. The van der Waals surface area contributed by atoms with Gasteiger partial charge in [0.25, 0.3) is 0 Å². The highest BCUT2D eigenvalue weighted by Gasteiger charge is 2.37. The summed E-state index contributed by atoms with van der Waals surface area (Å²) in [7, 11) is 0. The van der Waals surface area contributed by atoms with Gasteiger partial charge in [0.2, 0.25) is 0 Å². The molecule has 0 amide bonds. The van der Waals surface area contributed by atoms with Crippen LogP contribution in [0.3, 0.4) is 0 Å². The average molecular weight is 274 g/mol. The van der Waals surface area contributed by atoms with E-state index in [1.54, 1.807) is 0 Å². The van der Waals surface area contributed by atoms with E-state index in [0.29, 0.717) is 17.8 Å². The van der Waals surface area contributed by atoms with Gasteiger partial charge in [-0.2, -0.15) is 0 Å². The van der Waals surface area contributed by atoms with Crippen LogP contribution in [0.4, 0.5) is 0 Å². The third-order valence-electron chi connectivity index (χ3n) is 5.07. The lowest BCUT2D eigenvalue weighted by molar-refractivity contribution is 0.0251. The Bertz CT molecular complexity index is 462. The van der Waals surface area contributed by atoms with Gasteiger partial charge in [-0.1, -0.05) is 25.1 Å². The molecule has 3 heteroatoms. The van der Waals surface area contributed by atoms with Gasteiger partial charge in [0, 0.05) is 36.8 Å². The van der Waals surface area contributed by atoms with Gasteiger partial charge in [0.15, 0.2) is 0 Å². The van der Waals surface area contributed by atoms with Crippen LogP contribution < -0.4 is 0 Å². The van der Waals surface area contributed by atoms with Crippen molar-refractivity contribution >= 4 is 0 Å². The van der Waals surface area contributed by atoms with E-state index in [-0.39, 0.29) is 0 Å². The second-order valence-corrected chi connectivity index (χ2v) is 6.32. The molecule has 0 saturated carbocycles. The zero-order valence-corrected chi connectivity index (χ0v) is 12.6. The smallest absolute Gasteiger partial charge is 0.120 e. The van der Waals surface area contributed by atoms with Crippen molar-refractivity contribution in [2.45, 2.75) is 51.2 Å². The van der Waals surface area contributed by atoms with Gasteiger partial charge in [0.1, 0.15) is 5.75 Å². The van der Waals surface area contributed by atoms with Crippen molar-refractivity contribution in [1.29, 1.82) is 0 Å². The van der Waals surface area contributed by atoms with E-state index >= 15 is 0 Å². The van der Waals surface area contributed by atoms with Crippen molar-refractivity contribution in [1.82, 2.24) is 9.80 Å². The SMILES string of the molecule is CCC(c1ccccc1O)N1CC2CCCN2CC1C. The molecular formula is C17H26N2O. The fraction of sp³-hybridized carbons (Fsp3) is 0.647. The molecule has 2 saturated heterocycles. The number of phenolic OH excluding ortho intramolecular Hbond substituents is 1. The van der Waals surface area contributed by atoms with Crippen LogP contribution in [0.25, 0.3) is 0 Å². The molecule has 1 aromatic carbocycles. The second-order valence-electron chi connectivity index (χ2n) is 6.32. The van der Waals surface area contributed by atoms with E-state index in [0.717, 1.165) is 24.6 Å². The van der Waals surface area contributed by atoms with Crippen molar-refractivity contribution in [3.8, 4) is 5.75 Å². The molecule has 3 rings (SSSR count). The maximum absolute atomic E-state index is 10.2. The van der Waals surface area contributed by atoms with Crippen LogP contribution in [-0.2, 0) is 0 Å². The highest BCUT2D eigenvalue weighted by molar-refractivity contribution is 5.34. The van der Waals surface area contributed by atoms with Gasteiger partial charge in [-0.05, 0) is 38.8 Å². The lowest BCUT2D eigenvalue weighted by Gasteiger charge is -2.46. The number of aromatic hydroxyl groups is 1. The highest BCUT2D eigenvalue weighted by atomic mass is 16.3. The van der Waals surface area contributed by atoms with E-state index in [1.165, 1.54) is 25.9 Å². The molecule has 2 aliphatic rings. The van der Waals surface area contributed by atoms with Crippen LogP contribution in [0, 0.1) is 0 Å². The fourth-order valence-corrected chi connectivity index (χ4v) is 4.05. The van der Waals surface area contributed by atoms with Crippen molar-refractivity contribution in [2.24, 2.45) is 0 Å². The Hall–Kier alpha value is -1.06.